The second-order valence-corrected chi connectivity index (χ2v) is 6.61. The van der Waals surface area contributed by atoms with Crippen molar-refractivity contribution in [3.05, 3.63) is 53.6 Å². The predicted octanol–water partition coefficient (Wildman–Crippen LogP) is 1.64. The van der Waals surface area contributed by atoms with E-state index in [0.29, 0.717) is 24.8 Å². The van der Waals surface area contributed by atoms with Gasteiger partial charge in [-0.15, -0.1) is 0 Å². The molecule has 2 heterocycles. The quantitative estimate of drug-likeness (QED) is 0.848. The number of aryl methyl sites for hydroxylation is 2. The number of nitrogens with zero attached hydrogens (tertiary/aromatic N) is 2. The molecule has 1 aromatic heterocycles. The van der Waals surface area contributed by atoms with Gasteiger partial charge in [-0.05, 0) is 23.5 Å². The van der Waals surface area contributed by atoms with Crippen molar-refractivity contribution < 1.29 is 4.79 Å². The molecule has 0 spiro atoms. The number of carbonyl (C=O) groups is 1. The van der Waals surface area contributed by atoms with Gasteiger partial charge in [0.1, 0.15) is 0 Å². The van der Waals surface area contributed by atoms with Crippen LogP contribution >= 0.6 is 0 Å². The Morgan fingerprint density at radius 2 is 2.21 bits per heavy atom. The minimum Gasteiger partial charge on any atom is -0.355 e. The van der Waals surface area contributed by atoms with Crippen LogP contribution < -0.4 is 10.6 Å². The molecule has 1 aliphatic rings. The number of hydrogen-bond acceptors (Lipinski definition) is 3. The van der Waals surface area contributed by atoms with Gasteiger partial charge in [0.25, 0.3) is 0 Å². The van der Waals surface area contributed by atoms with Crippen molar-refractivity contribution in [2.75, 3.05) is 19.6 Å². The fourth-order valence-electron chi connectivity index (χ4n) is 3.47. The molecule has 0 saturated carbocycles. The van der Waals surface area contributed by atoms with Crippen LogP contribution in [0.1, 0.15) is 29.7 Å². The highest BCUT2D eigenvalue weighted by Gasteiger charge is 2.30. The van der Waals surface area contributed by atoms with Crippen LogP contribution in [0.4, 0.5) is 0 Å². The molecule has 0 unspecified atom stereocenters. The van der Waals surface area contributed by atoms with Crippen LogP contribution in [-0.2, 0) is 24.7 Å². The average molecular weight is 326 g/mol. The van der Waals surface area contributed by atoms with E-state index in [4.69, 9.17) is 0 Å². The Hall–Kier alpha value is -2.14. The molecule has 5 nitrogen and oxygen atoms in total. The van der Waals surface area contributed by atoms with Crippen molar-refractivity contribution in [1.29, 1.82) is 0 Å². The minimum atomic E-state index is 0.0962. The van der Waals surface area contributed by atoms with E-state index >= 15 is 0 Å². The van der Waals surface area contributed by atoms with Gasteiger partial charge in [0, 0.05) is 44.5 Å². The summed E-state index contributed by atoms with van der Waals surface area (Å²) in [6, 6.07) is 8.27. The van der Waals surface area contributed by atoms with E-state index in [1.165, 1.54) is 11.3 Å². The Labute approximate surface area is 143 Å². The summed E-state index contributed by atoms with van der Waals surface area (Å²) in [6.45, 7) is 4.71. The van der Waals surface area contributed by atoms with Crippen LogP contribution in [0.5, 0.6) is 0 Å². The van der Waals surface area contributed by atoms with Crippen molar-refractivity contribution in [3.63, 3.8) is 0 Å². The summed E-state index contributed by atoms with van der Waals surface area (Å²) >= 11 is 0. The summed E-state index contributed by atoms with van der Waals surface area (Å²) in [5.41, 5.74) is 3.59. The van der Waals surface area contributed by atoms with Gasteiger partial charge >= 0.3 is 0 Å². The van der Waals surface area contributed by atoms with Gasteiger partial charge < -0.3 is 15.2 Å². The van der Waals surface area contributed by atoms with E-state index in [-0.39, 0.29) is 5.91 Å². The maximum atomic E-state index is 12.3. The molecular weight excluding hydrogens is 300 g/mol. The normalized spacial score (nSPS) is 20.2. The maximum Gasteiger partial charge on any atom is 0.224 e. The van der Waals surface area contributed by atoms with E-state index in [1.807, 2.05) is 31.7 Å². The van der Waals surface area contributed by atoms with Crippen LogP contribution in [0.3, 0.4) is 0 Å². The molecule has 1 fully saturated rings. The Morgan fingerprint density at radius 1 is 1.38 bits per heavy atom. The van der Waals surface area contributed by atoms with E-state index in [1.54, 1.807) is 0 Å². The van der Waals surface area contributed by atoms with Gasteiger partial charge in [0.15, 0.2) is 0 Å². The summed E-state index contributed by atoms with van der Waals surface area (Å²) in [6.07, 6.45) is 5.21. The number of amides is 1. The van der Waals surface area contributed by atoms with E-state index in [9.17, 15) is 4.79 Å². The van der Waals surface area contributed by atoms with Gasteiger partial charge in [-0.2, -0.15) is 0 Å². The van der Waals surface area contributed by atoms with Gasteiger partial charge in [0.05, 0.1) is 12.7 Å². The standard InChI is InChI=1S/C19H26N4O/c1-3-14-5-4-6-15(7-14)8-19(24)22-10-16-9-20-11-17(16)18-12-21-13-23(18)2/h4-7,12-13,16-17,20H,3,8-11H2,1-2H3,(H,22,24)/t16-,17+/m0/s1. The zero-order chi connectivity index (χ0) is 16.9. The number of benzene rings is 1. The molecule has 0 bridgehead atoms. The molecule has 5 heteroatoms. The van der Waals surface area contributed by atoms with Crippen molar-refractivity contribution in [1.82, 2.24) is 20.2 Å². The van der Waals surface area contributed by atoms with Gasteiger partial charge in [-0.1, -0.05) is 31.2 Å². The van der Waals surface area contributed by atoms with E-state index < -0.39 is 0 Å². The number of carbonyl (C=O) groups excluding carboxylic acids is 1. The molecule has 1 amide bonds. The van der Waals surface area contributed by atoms with Gasteiger partial charge in [-0.25, -0.2) is 4.98 Å². The fraction of sp³-hybridized carbons (Fsp3) is 0.474. The zero-order valence-corrected chi connectivity index (χ0v) is 14.5. The largest absolute Gasteiger partial charge is 0.355 e. The number of aromatic nitrogens is 2. The molecule has 128 valence electrons. The summed E-state index contributed by atoms with van der Waals surface area (Å²) in [7, 11) is 2.02. The molecule has 24 heavy (non-hydrogen) atoms. The average Bonchev–Trinajstić information content (AvgIpc) is 3.21. The SMILES string of the molecule is CCc1cccc(CC(=O)NC[C@@H]2CNC[C@H]2c2cncn2C)c1. The zero-order valence-electron chi connectivity index (χ0n) is 14.5. The lowest BCUT2D eigenvalue weighted by Gasteiger charge is -2.19. The molecule has 1 aromatic carbocycles. The molecule has 2 atom stereocenters. The summed E-state index contributed by atoms with van der Waals surface area (Å²) < 4.78 is 2.07. The van der Waals surface area contributed by atoms with E-state index in [0.717, 1.165) is 25.1 Å². The third-order valence-electron chi connectivity index (χ3n) is 4.90. The number of rotatable bonds is 6. The molecule has 0 aliphatic carbocycles. The lowest BCUT2D eigenvalue weighted by atomic mass is 9.93. The fourth-order valence-corrected chi connectivity index (χ4v) is 3.47. The number of hydrogen-bond donors (Lipinski definition) is 2. The van der Waals surface area contributed by atoms with Crippen molar-refractivity contribution >= 4 is 5.91 Å². The lowest BCUT2D eigenvalue weighted by molar-refractivity contribution is -0.120. The Morgan fingerprint density at radius 3 is 2.96 bits per heavy atom. The molecule has 1 aliphatic heterocycles. The summed E-state index contributed by atoms with van der Waals surface area (Å²) in [4.78, 5) is 16.5. The third kappa shape index (κ3) is 3.85. The molecular formula is C19H26N4O. The molecule has 3 rings (SSSR count). The molecule has 2 N–H and O–H groups in total. The number of nitrogens with one attached hydrogen (secondary N) is 2. The van der Waals surface area contributed by atoms with Crippen LogP contribution in [0.15, 0.2) is 36.8 Å². The first-order chi connectivity index (χ1) is 11.7. The highest BCUT2D eigenvalue weighted by molar-refractivity contribution is 5.78. The Kier molecular flexibility index (Phi) is 5.30. The smallest absolute Gasteiger partial charge is 0.224 e. The third-order valence-corrected chi connectivity index (χ3v) is 4.90. The van der Waals surface area contributed by atoms with Crippen LogP contribution in [0.25, 0.3) is 0 Å². The first-order valence-electron chi connectivity index (χ1n) is 8.68. The monoisotopic (exact) mass is 326 g/mol. The van der Waals surface area contributed by atoms with Gasteiger partial charge in [0.2, 0.25) is 5.91 Å². The first-order valence-corrected chi connectivity index (χ1v) is 8.68. The van der Waals surface area contributed by atoms with Crippen molar-refractivity contribution in [2.45, 2.75) is 25.7 Å². The number of imidazole rings is 1. The Bertz CT molecular complexity index is 694. The predicted molar refractivity (Wildman–Crippen MR) is 94.8 cm³/mol. The topological polar surface area (TPSA) is 59.0 Å². The van der Waals surface area contributed by atoms with Gasteiger partial charge in [-0.3, -0.25) is 4.79 Å². The van der Waals surface area contributed by atoms with Crippen LogP contribution in [-0.4, -0.2) is 35.1 Å². The molecule has 1 saturated heterocycles. The highest BCUT2D eigenvalue weighted by Crippen LogP contribution is 2.27. The van der Waals surface area contributed by atoms with Crippen molar-refractivity contribution in [3.8, 4) is 0 Å². The molecule has 2 aromatic rings. The second kappa shape index (κ2) is 7.62. The lowest BCUT2D eigenvalue weighted by Crippen LogP contribution is -2.33. The Balaban J connectivity index is 1.54. The van der Waals surface area contributed by atoms with E-state index in [2.05, 4.69) is 39.2 Å². The highest BCUT2D eigenvalue weighted by atomic mass is 16.1. The summed E-state index contributed by atoms with van der Waals surface area (Å²) in [5, 5.41) is 6.55. The maximum absolute atomic E-state index is 12.3. The van der Waals surface area contributed by atoms with Crippen LogP contribution in [0, 0.1) is 5.92 Å². The first kappa shape index (κ1) is 16.7. The van der Waals surface area contributed by atoms with Crippen molar-refractivity contribution in [2.24, 2.45) is 13.0 Å². The minimum absolute atomic E-state index is 0.0962. The molecule has 0 radical (unpaired) electrons. The van der Waals surface area contributed by atoms with Crippen LogP contribution in [0.2, 0.25) is 0 Å². The second-order valence-electron chi connectivity index (χ2n) is 6.61. The summed E-state index contributed by atoms with van der Waals surface area (Å²) in [5.74, 6) is 0.909.